The Labute approximate surface area is 122 Å². The molecule has 0 radical (unpaired) electrons. The Balaban J connectivity index is 2.11. The Hall–Kier alpha value is -2.56. The van der Waals surface area contributed by atoms with E-state index >= 15 is 0 Å². The van der Waals surface area contributed by atoms with Crippen molar-refractivity contribution >= 4 is 5.84 Å². The molecule has 2 aromatic carbocycles. The fourth-order valence-electron chi connectivity index (χ4n) is 1.85. The van der Waals surface area contributed by atoms with Crippen LogP contribution in [0.25, 0.3) is 0 Å². The van der Waals surface area contributed by atoms with E-state index < -0.39 is 5.82 Å². The third-order valence-electron chi connectivity index (χ3n) is 3.33. The lowest BCUT2D eigenvalue weighted by Crippen LogP contribution is -2.13. The summed E-state index contributed by atoms with van der Waals surface area (Å²) in [4.78, 5) is 0. The Bertz CT molecular complexity index is 684. The van der Waals surface area contributed by atoms with Crippen LogP contribution in [0.5, 0.6) is 5.75 Å². The third-order valence-corrected chi connectivity index (χ3v) is 3.33. The first-order valence-corrected chi connectivity index (χ1v) is 6.47. The van der Waals surface area contributed by atoms with Crippen molar-refractivity contribution in [3.8, 4) is 5.75 Å². The van der Waals surface area contributed by atoms with Gasteiger partial charge in [0.25, 0.3) is 0 Å². The van der Waals surface area contributed by atoms with Gasteiger partial charge in [-0.3, -0.25) is 0 Å². The summed E-state index contributed by atoms with van der Waals surface area (Å²) < 4.78 is 19.5. The van der Waals surface area contributed by atoms with Gasteiger partial charge in [0, 0.05) is 11.1 Å². The van der Waals surface area contributed by atoms with Crippen molar-refractivity contribution in [1.82, 2.24) is 0 Å². The summed E-state index contributed by atoms with van der Waals surface area (Å²) in [5, 5.41) is 11.4. The molecular weight excluding hydrogens is 271 g/mol. The SMILES string of the molecule is Cc1ccc(OCc2ccc(/C(N)=N/O)cc2F)cc1C. The van der Waals surface area contributed by atoms with E-state index in [-0.39, 0.29) is 12.4 Å². The minimum atomic E-state index is -0.456. The highest BCUT2D eigenvalue weighted by molar-refractivity contribution is 5.97. The van der Waals surface area contributed by atoms with Crippen LogP contribution in [0.1, 0.15) is 22.3 Å². The second-order valence-electron chi connectivity index (χ2n) is 4.83. The number of aryl methyl sites for hydroxylation is 2. The van der Waals surface area contributed by atoms with Crippen LogP contribution in [0.2, 0.25) is 0 Å². The predicted octanol–water partition coefficient (Wildman–Crippen LogP) is 3.12. The molecule has 0 aromatic heterocycles. The molecule has 0 fully saturated rings. The van der Waals surface area contributed by atoms with E-state index in [0.29, 0.717) is 16.9 Å². The zero-order valence-electron chi connectivity index (χ0n) is 11.9. The van der Waals surface area contributed by atoms with Gasteiger partial charge in [-0.2, -0.15) is 0 Å². The average molecular weight is 288 g/mol. The molecule has 0 unspecified atom stereocenters. The zero-order chi connectivity index (χ0) is 15.4. The molecule has 0 saturated heterocycles. The maximum atomic E-state index is 13.9. The largest absolute Gasteiger partial charge is 0.489 e. The van der Waals surface area contributed by atoms with Gasteiger partial charge < -0.3 is 15.7 Å². The maximum Gasteiger partial charge on any atom is 0.170 e. The van der Waals surface area contributed by atoms with Crippen LogP contribution in [-0.4, -0.2) is 11.0 Å². The molecule has 0 atom stereocenters. The second kappa shape index (κ2) is 6.26. The lowest BCUT2D eigenvalue weighted by molar-refractivity contribution is 0.299. The number of oxime groups is 1. The van der Waals surface area contributed by atoms with E-state index in [9.17, 15) is 4.39 Å². The van der Waals surface area contributed by atoms with Gasteiger partial charge >= 0.3 is 0 Å². The molecule has 2 aromatic rings. The minimum absolute atomic E-state index is 0.116. The number of nitrogens with two attached hydrogens (primary N) is 1. The molecule has 0 aliphatic carbocycles. The maximum absolute atomic E-state index is 13.9. The lowest BCUT2D eigenvalue weighted by atomic mass is 10.1. The minimum Gasteiger partial charge on any atom is -0.489 e. The van der Waals surface area contributed by atoms with Gasteiger partial charge in [0.05, 0.1) is 0 Å². The summed E-state index contributed by atoms with van der Waals surface area (Å²) in [6.07, 6.45) is 0. The van der Waals surface area contributed by atoms with Gasteiger partial charge in [-0.25, -0.2) is 4.39 Å². The van der Waals surface area contributed by atoms with Crippen molar-refractivity contribution in [2.75, 3.05) is 0 Å². The number of ether oxygens (including phenoxy) is 1. The molecule has 0 aliphatic rings. The molecule has 0 spiro atoms. The molecule has 0 amide bonds. The van der Waals surface area contributed by atoms with Gasteiger partial charge in [-0.15, -0.1) is 0 Å². The smallest absolute Gasteiger partial charge is 0.170 e. The highest BCUT2D eigenvalue weighted by Crippen LogP contribution is 2.19. The first kappa shape index (κ1) is 14.8. The molecule has 0 heterocycles. The highest BCUT2D eigenvalue weighted by Gasteiger charge is 2.07. The van der Waals surface area contributed by atoms with Crippen molar-refractivity contribution < 1.29 is 14.3 Å². The van der Waals surface area contributed by atoms with Gasteiger partial charge in [0.15, 0.2) is 5.84 Å². The number of nitrogens with zero attached hydrogens (tertiary/aromatic N) is 1. The van der Waals surface area contributed by atoms with Crippen LogP contribution in [-0.2, 0) is 6.61 Å². The molecule has 21 heavy (non-hydrogen) atoms. The van der Waals surface area contributed by atoms with Crippen molar-refractivity contribution in [3.63, 3.8) is 0 Å². The van der Waals surface area contributed by atoms with E-state index in [1.165, 1.54) is 11.6 Å². The summed E-state index contributed by atoms with van der Waals surface area (Å²) in [7, 11) is 0. The summed E-state index contributed by atoms with van der Waals surface area (Å²) in [5.41, 5.74) is 8.44. The van der Waals surface area contributed by atoms with Crippen LogP contribution in [0, 0.1) is 19.7 Å². The van der Waals surface area contributed by atoms with E-state index in [2.05, 4.69) is 5.16 Å². The number of amidine groups is 1. The summed E-state index contributed by atoms with van der Waals surface area (Å²) in [6, 6.07) is 10.1. The Kier molecular flexibility index (Phi) is 4.42. The summed E-state index contributed by atoms with van der Waals surface area (Å²) >= 11 is 0. The molecule has 3 N–H and O–H groups in total. The van der Waals surface area contributed by atoms with E-state index in [0.717, 1.165) is 5.56 Å². The van der Waals surface area contributed by atoms with Crippen LogP contribution in [0.3, 0.4) is 0 Å². The topological polar surface area (TPSA) is 67.8 Å². The molecule has 0 saturated carbocycles. The molecule has 110 valence electrons. The second-order valence-corrected chi connectivity index (χ2v) is 4.83. The van der Waals surface area contributed by atoms with Crippen molar-refractivity contribution in [2.24, 2.45) is 10.9 Å². The Morgan fingerprint density at radius 2 is 1.95 bits per heavy atom. The quantitative estimate of drug-likeness (QED) is 0.393. The Morgan fingerprint density at radius 3 is 2.57 bits per heavy atom. The number of rotatable bonds is 4. The summed E-state index contributed by atoms with van der Waals surface area (Å²) in [5.74, 6) is 0.108. The van der Waals surface area contributed by atoms with Crippen molar-refractivity contribution in [2.45, 2.75) is 20.5 Å². The first-order chi connectivity index (χ1) is 10.0. The third kappa shape index (κ3) is 3.51. The molecule has 0 bridgehead atoms. The van der Waals surface area contributed by atoms with Gasteiger partial charge in [0.2, 0.25) is 0 Å². The predicted molar refractivity (Wildman–Crippen MR) is 79.2 cm³/mol. The number of benzene rings is 2. The summed E-state index contributed by atoms with van der Waals surface area (Å²) in [6.45, 7) is 4.13. The van der Waals surface area contributed by atoms with E-state index in [4.69, 9.17) is 15.7 Å². The Morgan fingerprint density at radius 1 is 1.19 bits per heavy atom. The van der Waals surface area contributed by atoms with Crippen LogP contribution in [0.4, 0.5) is 4.39 Å². The lowest BCUT2D eigenvalue weighted by Gasteiger charge is -2.10. The molecule has 2 rings (SSSR count). The van der Waals surface area contributed by atoms with Crippen molar-refractivity contribution in [3.05, 3.63) is 64.5 Å². The molecular formula is C16H17FN2O2. The monoisotopic (exact) mass is 288 g/mol. The van der Waals surface area contributed by atoms with E-state index in [1.807, 2.05) is 32.0 Å². The molecule has 0 aliphatic heterocycles. The normalized spacial score (nSPS) is 11.5. The number of halogens is 1. The van der Waals surface area contributed by atoms with Crippen molar-refractivity contribution in [1.29, 1.82) is 0 Å². The average Bonchev–Trinajstić information content (AvgIpc) is 2.48. The van der Waals surface area contributed by atoms with Crippen LogP contribution in [0.15, 0.2) is 41.6 Å². The van der Waals surface area contributed by atoms with E-state index in [1.54, 1.807) is 12.1 Å². The van der Waals surface area contributed by atoms with Gasteiger partial charge in [-0.05, 0) is 43.2 Å². The fourth-order valence-corrected chi connectivity index (χ4v) is 1.85. The van der Waals surface area contributed by atoms with Gasteiger partial charge in [0.1, 0.15) is 18.2 Å². The molecule has 4 nitrogen and oxygen atoms in total. The fraction of sp³-hybridized carbons (Fsp3) is 0.188. The first-order valence-electron chi connectivity index (χ1n) is 6.47. The number of hydrogen-bond acceptors (Lipinski definition) is 3. The van der Waals surface area contributed by atoms with Gasteiger partial charge in [-0.1, -0.05) is 23.4 Å². The molecule has 5 heteroatoms. The van der Waals surface area contributed by atoms with Crippen LogP contribution >= 0.6 is 0 Å². The number of hydrogen-bond donors (Lipinski definition) is 2. The van der Waals surface area contributed by atoms with Crippen LogP contribution < -0.4 is 10.5 Å². The highest BCUT2D eigenvalue weighted by atomic mass is 19.1. The zero-order valence-corrected chi connectivity index (χ0v) is 11.9. The standard InChI is InChI=1S/C16H17FN2O2/c1-10-3-6-14(7-11(10)2)21-9-13-5-4-12(8-15(13)17)16(18)19-20/h3-8,20H,9H2,1-2H3,(H2,18,19).